The molecule has 6 nitrogen and oxygen atoms in total. The van der Waals surface area contributed by atoms with E-state index in [1.807, 2.05) is 4.90 Å². The van der Waals surface area contributed by atoms with Gasteiger partial charge in [0.05, 0.1) is 13.2 Å². The number of aliphatic hydroxyl groups is 2. The average molecular weight is 239 g/mol. The van der Waals surface area contributed by atoms with Crippen molar-refractivity contribution in [2.75, 3.05) is 31.2 Å². The van der Waals surface area contributed by atoms with E-state index in [1.54, 1.807) is 24.3 Å². The number of anilines is 1. The summed E-state index contributed by atoms with van der Waals surface area (Å²) in [5, 5.41) is 29.2. The third kappa shape index (κ3) is 3.61. The van der Waals surface area contributed by atoms with E-state index in [0.29, 0.717) is 18.7 Å². The van der Waals surface area contributed by atoms with Crippen LogP contribution in [0, 0.1) is 0 Å². The molecule has 0 fully saturated rings. The predicted octanol–water partition coefficient (Wildman–Crippen LogP) is -0.428. The van der Waals surface area contributed by atoms with Crippen molar-refractivity contribution in [3.63, 3.8) is 0 Å². The van der Waals surface area contributed by atoms with Crippen molar-refractivity contribution in [1.29, 1.82) is 0 Å². The Morgan fingerprint density at radius 1 is 1.12 bits per heavy atom. The highest BCUT2D eigenvalue weighted by Gasteiger charge is 2.06. The summed E-state index contributed by atoms with van der Waals surface area (Å²) in [6, 6.07) is 7.01. The molecule has 1 rings (SSSR count). The second kappa shape index (κ2) is 6.72. The van der Waals surface area contributed by atoms with Crippen molar-refractivity contribution in [2.45, 2.75) is 0 Å². The molecule has 0 unspecified atom stereocenters. The standard InChI is InChI=1S/C11H17N3O3/c12-11(13-17)9-1-3-10(4-2-9)14(5-7-15)6-8-16/h1-4,15-17H,5-8H2,(H2,12,13). The van der Waals surface area contributed by atoms with Crippen LogP contribution in [-0.4, -0.2) is 47.6 Å². The van der Waals surface area contributed by atoms with E-state index in [0.717, 1.165) is 5.69 Å². The number of nitrogens with zero attached hydrogens (tertiary/aromatic N) is 2. The molecule has 0 radical (unpaired) electrons. The highest BCUT2D eigenvalue weighted by molar-refractivity contribution is 5.97. The zero-order valence-electron chi connectivity index (χ0n) is 9.45. The summed E-state index contributed by atoms with van der Waals surface area (Å²) < 4.78 is 0. The number of amidine groups is 1. The molecular weight excluding hydrogens is 222 g/mol. The Balaban J connectivity index is 2.83. The number of aliphatic hydroxyl groups excluding tert-OH is 2. The summed E-state index contributed by atoms with van der Waals surface area (Å²) in [5.74, 6) is 0.0485. The van der Waals surface area contributed by atoms with Crippen LogP contribution in [0.5, 0.6) is 0 Å². The second-order valence-electron chi connectivity index (χ2n) is 3.47. The van der Waals surface area contributed by atoms with Gasteiger partial charge < -0.3 is 26.1 Å². The third-order valence-electron chi connectivity index (χ3n) is 2.38. The lowest BCUT2D eigenvalue weighted by Crippen LogP contribution is -2.29. The quantitative estimate of drug-likeness (QED) is 0.233. The molecule has 0 saturated carbocycles. The molecule has 0 atom stereocenters. The average Bonchev–Trinajstić information content (AvgIpc) is 2.38. The zero-order valence-corrected chi connectivity index (χ0v) is 9.45. The topological polar surface area (TPSA) is 102 Å². The molecule has 94 valence electrons. The van der Waals surface area contributed by atoms with Crippen LogP contribution in [0.2, 0.25) is 0 Å². The van der Waals surface area contributed by atoms with Gasteiger partial charge in [-0.05, 0) is 24.3 Å². The van der Waals surface area contributed by atoms with Crippen molar-refractivity contribution in [1.82, 2.24) is 0 Å². The molecule has 0 aliphatic rings. The maximum atomic E-state index is 8.91. The van der Waals surface area contributed by atoms with Gasteiger partial charge in [-0.2, -0.15) is 0 Å². The van der Waals surface area contributed by atoms with Crippen molar-refractivity contribution in [3.05, 3.63) is 29.8 Å². The van der Waals surface area contributed by atoms with Crippen LogP contribution < -0.4 is 10.6 Å². The number of benzene rings is 1. The lowest BCUT2D eigenvalue weighted by atomic mass is 10.2. The third-order valence-corrected chi connectivity index (χ3v) is 2.38. The van der Waals surface area contributed by atoms with Crippen LogP contribution in [-0.2, 0) is 0 Å². The van der Waals surface area contributed by atoms with Crippen LogP contribution in [0.15, 0.2) is 29.4 Å². The maximum absolute atomic E-state index is 8.91. The lowest BCUT2D eigenvalue weighted by Gasteiger charge is -2.23. The molecule has 0 aliphatic carbocycles. The van der Waals surface area contributed by atoms with E-state index in [4.69, 9.17) is 21.2 Å². The smallest absolute Gasteiger partial charge is 0.170 e. The fourth-order valence-corrected chi connectivity index (χ4v) is 1.51. The first-order valence-electron chi connectivity index (χ1n) is 5.27. The Bertz CT molecular complexity index is 359. The molecule has 0 heterocycles. The summed E-state index contributed by atoms with van der Waals surface area (Å²) in [6.07, 6.45) is 0. The fraction of sp³-hybridized carbons (Fsp3) is 0.364. The van der Waals surface area contributed by atoms with Crippen molar-refractivity contribution < 1.29 is 15.4 Å². The second-order valence-corrected chi connectivity index (χ2v) is 3.47. The molecule has 1 aromatic rings. The minimum atomic E-state index is 0.0159. The summed E-state index contributed by atoms with van der Waals surface area (Å²) in [4.78, 5) is 1.84. The van der Waals surface area contributed by atoms with Gasteiger partial charge in [0.2, 0.25) is 0 Å². The molecule has 17 heavy (non-hydrogen) atoms. The molecule has 5 N–H and O–H groups in total. The first-order valence-corrected chi connectivity index (χ1v) is 5.27. The predicted molar refractivity (Wildman–Crippen MR) is 65.3 cm³/mol. The summed E-state index contributed by atoms with van der Waals surface area (Å²) in [7, 11) is 0. The molecule has 0 spiro atoms. The SMILES string of the molecule is N/C(=N/O)c1ccc(N(CCO)CCO)cc1. The Morgan fingerprint density at radius 3 is 2.06 bits per heavy atom. The Kier molecular flexibility index (Phi) is 5.25. The van der Waals surface area contributed by atoms with Crippen LogP contribution in [0.3, 0.4) is 0 Å². The van der Waals surface area contributed by atoms with Gasteiger partial charge in [-0.1, -0.05) is 5.16 Å². The van der Waals surface area contributed by atoms with Crippen molar-refractivity contribution in [2.24, 2.45) is 10.9 Å². The van der Waals surface area contributed by atoms with Gasteiger partial charge in [0.25, 0.3) is 0 Å². The van der Waals surface area contributed by atoms with Crippen LogP contribution >= 0.6 is 0 Å². The zero-order chi connectivity index (χ0) is 12.7. The van der Waals surface area contributed by atoms with E-state index in [2.05, 4.69) is 5.16 Å². The molecule has 0 saturated heterocycles. The summed E-state index contributed by atoms with van der Waals surface area (Å²) in [6.45, 7) is 0.928. The molecule has 0 aliphatic heterocycles. The Morgan fingerprint density at radius 2 is 1.65 bits per heavy atom. The molecule has 0 aromatic heterocycles. The molecular formula is C11H17N3O3. The van der Waals surface area contributed by atoms with E-state index in [9.17, 15) is 0 Å². The van der Waals surface area contributed by atoms with Gasteiger partial charge >= 0.3 is 0 Å². The first-order chi connectivity index (χ1) is 8.22. The van der Waals surface area contributed by atoms with Gasteiger partial charge in [0.15, 0.2) is 5.84 Å². The van der Waals surface area contributed by atoms with Crippen molar-refractivity contribution >= 4 is 11.5 Å². The summed E-state index contributed by atoms with van der Waals surface area (Å²) in [5.41, 5.74) is 6.92. The maximum Gasteiger partial charge on any atom is 0.170 e. The van der Waals surface area contributed by atoms with E-state index in [1.165, 1.54) is 0 Å². The van der Waals surface area contributed by atoms with Gasteiger partial charge in [-0.3, -0.25) is 0 Å². The Hall–Kier alpha value is -1.79. The highest BCUT2D eigenvalue weighted by Crippen LogP contribution is 2.14. The molecule has 0 amide bonds. The number of rotatable bonds is 6. The van der Waals surface area contributed by atoms with Gasteiger partial charge in [-0.15, -0.1) is 0 Å². The van der Waals surface area contributed by atoms with E-state index >= 15 is 0 Å². The minimum Gasteiger partial charge on any atom is -0.409 e. The number of hydrogen-bond acceptors (Lipinski definition) is 5. The Labute approximate surface area is 99.6 Å². The molecule has 1 aromatic carbocycles. The van der Waals surface area contributed by atoms with Gasteiger partial charge in [0, 0.05) is 24.3 Å². The van der Waals surface area contributed by atoms with E-state index < -0.39 is 0 Å². The van der Waals surface area contributed by atoms with Gasteiger partial charge in [0.1, 0.15) is 0 Å². The highest BCUT2D eigenvalue weighted by atomic mass is 16.4. The van der Waals surface area contributed by atoms with Crippen molar-refractivity contribution in [3.8, 4) is 0 Å². The lowest BCUT2D eigenvalue weighted by molar-refractivity contribution is 0.281. The first kappa shape index (κ1) is 13.3. The van der Waals surface area contributed by atoms with Crippen LogP contribution in [0.25, 0.3) is 0 Å². The normalized spacial score (nSPS) is 11.5. The van der Waals surface area contributed by atoms with E-state index in [-0.39, 0.29) is 19.0 Å². The number of hydrogen-bond donors (Lipinski definition) is 4. The van der Waals surface area contributed by atoms with Crippen LogP contribution in [0.4, 0.5) is 5.69 Å². The van der Waals surface area contributed by atoms with Crippen LogP contribution in [0.1, 0.15) is 5.56 Å². The number of oxime groups is 1. The largest absolute Gasteiger partial charge is 0.409 e. The summed E-state index contributed by atoms with van der Waals surface area (Å²) >= 11 is 0. The molecule has 6 heteroatoms. The fourth-order valence-electron chi connectivity index (χ4n) is 1.51. The van der Waals surface area contributed by atoms with Gasteiger partial charge in [-0.25, -0.2) is 0 Å². The minimum absolute atomic E-state index is 0.0159. The molecule has 0 bridgehead atoms. The monoisotopic (exact) mass is 239 g/mol. The number of nitrogens with two attached hydrogens (primary N) is 1.